The summed E-state index contributed by atoms with van der Waals surface area (Å²) in [7, 11) is 1.69. The molecule has 4 rings (SSSR count). The molecule has 2 amide bonds. The number of fused-ring (bicyclic) bond motifs is 2. The average Bonchev–Trinajstić information content (AvgIpc) is 2.80. The van der Waals surface area contributed by atoms with Crippen LogP contribution in [0, 0.1) is 0 Å². The highest BCUT2D eigenvalue weighted by molar-refractivity contribution is 6.02. The first kappa shape index (κ1) is 16.6. The van der Waals surface area contributed by atoms with E-state index in [0.717, 1.165) is 19.3 Å². The number of aryl methyl sites for hydroxylation is 2. The fourth-order valence-corrected chi connectivity index (χ4v) is 3.53. The lowest BCUT2D eigenvalue weighted by Crippen LogP contribution is -2.49. The normalized spacial score (nSPS) is 19.0. The second kappa shape index (κ2) is 6.78. The average molecular weight is 351 g/mol. The Bertz CT molecular complexity index is 865. The SMILES string of the molecule is CN1C(=O)C(NC(=O)c2cc3c(cn2)CCCC3)COc2ccccc21. The number of carbonyl (C=O) groups excluding carboxylic acids is 2. The van der Waals surface area contributed by atoms with E-state index in [-0.39, 0.29) is 18.4 Å². The fraction of sp³-hybridized carbons (Fsp3) is 0.350. The van der Waals surface area contributed by atoms with Gasteiger partial charge in [-0.3, -0.25) is 14.6 Å². The second-order valence-electron chi connectivity index (χ2n) is 6.75. The van der Waals surface area contributed by atoms with Crippen molar-refractivity contribution in [3.05, 3.63) is 53.3 Å². The molecule has 0 bridgehead atoms. The number of hydrogen-bond donors (Lipinski definition) is 1. The molecule has 26 heavy (non-hydrogen) atoms. The molecule has 2 aliphatic rings. The van der Waals surface area contributed by atoms with Gasteiger partial charge in [0.1, 0.15) is 24.1 Å². The van der Waals surface area contributed by atoms with Gasteiger partial charge in [-0.15, -0.1) is 0 Å². The molecular weight excluding hydrogens is 330 g/mol. The lowest BCUT2D eigenvalue weighted by Gasteiger charge is -2.20. The van der Waals surface area contributed by atoms with Gasteiger partial charge < -0.3 is 15.0 Å². The number of benzene rings is 1. The van der Waals surface area contributed by atoms with E-state index in [2.05, 4.69) is 10.3 Å². The Balaban J connectivity index is 1.52. The predicted octanol–water partition coefficient (Wildman–Crippen LogP) is 2.11. The van der Waals surface area contributed by atoms with Gasteiger partial charge in [0.05, 0.1) is 5.69 Å². The lowest BCUT2D eigenvalue weighted by molar-refractivity contribution is -0.120. The molecular formula is C20H21N3O3. The van der Waals surface area contributed by atoms with Gasteiger partial charge in [0.25, 0.3) is 11.8 Å². The smallest absolute Gasteiger partial charge is 0.270 e. The van der Waals surface area contributed by atoms with E-state index in [1.165, 1.54) is 22.4 Å². The van der Waals surface area contributed by atoms with E-state index in [9.17, 15) is 9.59 Å². The number of pyridine rings is 1. The van der Waals surface area contributed by atoms with Crippen LogP contribution in [0.25, 0.3) is 0 Å². The second-order valence-corrected chi connectivity index (χ2v) is 6.75. The number of likely N-dealkylation sites (N-methyl/N-ethyl adjacent to an activating group) is 1. The van der Waals surface area contributed by atoms with Crippen LogP contribution in [0.1, 0.15) is 34.5 Å². The van der Waals surface area contributed by atoms with Crippen molar-refractivity contribution in [1.82, 2.24) is 10.3 Å². The Labute approximate surface area is 152 Å². The number of para-hydroxylation sites is 2. The third-order valence-corrected chi connectivity index (χ3v) is 5.02. The Morgan fingerprint density at radius 1 is 1.23 bits per heavy atom. The topological polar surface area (TPSA) is 71.5 Å². The highest BCUT2D eigenvalue weighted by Crippen LogP contribution is 2.30. The first-order chi connectivity index (χ1) is 12.6. The van der Waals surface area contributed by atoms with Crippen molar-refractivity contribution in [3.8, 4) is 5.75 Å². The molecule has 1 N–H and O–H groups in total. The molecule has 1 unspecified atom stereocenters. The fourth-order valence-electron chi connectivity index (χ4n) is 3.53. The van der Waals surface area contributed by atoms with Crippen LogP contribution in [-0.2, 0) is 17.6 Å². The number of rotatable bonds is 2. The largest absolute Gasteiger partial charge is 0.489 e. The highest BCUT2D eigenvalue weighted by Gasteiger charge is 2.31. The van der Waals surface area contributed by atoms with E-state index in [4.69, 9.17) is 4.74 Å². The Morgan fingerprint density at radius 2 is 2.00 bits per heavy atom. The minimum Gasteiger partial charge on any atom is -0.489 e. The highest BCUT2D eigenvalue weighted by atomic mass is 16.5. The van der Waals surface area contributed by atoms with Crippen molar-refractivity contribution in [3.63, 3.8) is 0 Å². The first-order valence-electron chi connectivity index (χ1n) is 8.91. The number of carbonyl (C=O) groups is 2. The summed E-state index contributed by atoms with van der Waals surface area (Å²) < 4.78 is 5.73. The molecule has 6 heteroatoms. The molecule has 0 radical (unpaired) electrons. The van der Waals surface area contributed by atoms with Crippen LogP contribution in [-0.4, -0.2) is 36.5 Å². The van der Waals surface area contributed by atoms with Gasteiger partial charge in [0, 0.05) is 13.2 Å². The van der Waals surface area contributed by atoms with Crippen LogP contribution < -0.4 is 15.0 Å². The van der Waals surface area contributed by atoms with Gasteiger partial charge in [0.2, 0.25) is 0 Å². The van der Waals surface area contributed by atoms with Gasteiger partial charge in [-0.25, -0.2) is 0 Å². The van der Waals surface area contributed by atoms with Crippen LogP contribution in [0.5, 0.6) is 5.75 Å². The molecule has 1 aromatic heterocycles. The maximum atomic E-state index is 12.7. The molecule has 1 aromatic carbocycles. The van der Waals surface area contributed by atoms with Crippen molar-refractivity contribution >= 4 is 17.5 Å². The van der Waals surface area contributed by atoms with Crippen molar-refractivity contribution < 1.29 is 14.3 Å². The predicted molar refractivity (Wildman–Crippen MR) is 97.5 cm³/mol. The van der Waals surface area contributed by atoms with E-state index in [1.54, 1.807) is 13.2 Å². The van der Waals surface area contributed by atoms with E-state index in [0.29, 0.717) is 17.1 Å². The monoisotopic (exact) mass is 351 g/mol. The van der Waals surface area contributed by atoms with E-state index >= 15 is 0 Å². The Kier molecular flexibility index (Phi) is 4.32. The number of nitrogens with one attached hydrogen (secondary N) is 1. The van der Waals surface area contributed by atoms with E-state index < -0.39 is 6.04 Å². The summed E-state index contributed by atoms with van der Waals surface area (Å²) in [6.45, 7) is 0.0941. The zero-order chi connectivity index (χ0) is 18.1. The number of amides is 2. The van der Waals surface area contributed by atoms with Gasteiger partial charge in [0.15, 0.2) is 0 Å². The van der Waals surface area contributed by atoms with Crippen LogP contribution >= 0.6 is 0 Å². The quantitative estimate of drug-likeness (QED) is 0.900. The van der Waals surface area contributed by atoms with Gasteiger partial charge in [-0.2, -0.15) is 0 Å². The first-order valence-corrected chi connectivity index (χ1v) is 8.91. The van der Waals surface area contributed by atoms with Crippen molar-refractivity contribution in [2.75, 3.05) is 18.6 Å². The summed E-state index contributed by atoms with van der Waals surface area (Å²) in [5.41, 5.74) is 3.45. The van der Waals surface area contributed by atoms with Crippen molar-refractivity contribution in [2.45, 2.75) is 31.7 Å². The van der Waals surface area contributed by atoms with E-state index in [1.807, 2.05) is 30.3 Å². The summed E-state index contributed by atoms with van der Waals surface area (Å²) in [6.07, 6.45) is 6.08. The van der Waals surface area contributed by atoms with Gasteiger partial charge in [-0.1, -0.05) is 12.1 Å². The molecule has 0 saturated heterocycles. The third-order valence-electron chi connectivity index (χ3n) is 5.02. The van der Waals surface area contributed by atoms with Crippen molar-refractivity contribution in [2.24, 2.45) is 0 Å². The molecule has 0 saturated carbocycles. The molecule has 0 spiro atoms. The lowest BCUT2D eigenvalue weighted by atomic mass is 9.93. The number of ether oxygens (including phenoxy) is 1. The van der Waals surface area contributed by atoms with Crippen LogP contribution in [0.4, 0.5) is 5.69 Å². The molecule has 1 aliphatic carbocycles. The van der Waals surface area contributed by atoms with Gasteiger partial charge in [-0.05, 0) is 55.0 Å². The zero-order valence-electron chi connectivity index (χ0n) is 14.7. The molecule has 2 aromatic rings. The van der Waals surface area contributed by atoms with Gasteiger partial charge >= 0.3 is 0 Å². The minimum absolute atomic E-state index is 0.0941. The molecule has 1 aliphatic heterocycles. The summed E-state index contributed by atoms with van der Waals surface area (Å²) >= 11 is 0. The third kappa shape index (κ3) is 3.03. The summed E-state index contributed by atoms with van der Waals surface area (Å²) in [4.78, 5) is 31.2. The number of hydrogen-bond acceptors (Lipinski definition) is 4. The van der Waals surface area contributed by atoms with Crippen molar-refractivity contribution in [1.29, 1.82) is 0 Å². The maximum absolute atomic E-state index is 12.7. The Morgan fingerprint density at radius 3 is 2.85 bits per heavy atom. The van der Waals surface area contributed by atoms with Crippen LogP contribution in [0.15, 0.2) is 36.5 Å². The molecule has 6 nitrogen and oxygen atoms in total. The standard InChI is InChI=1S/C20H21N3O3/c1-23-17-8-4-5-9-18(17)26-12-16(20(23)25)22-19(24)15-10-13-6-2-3-7-14(13)11-21-15/h4-5,8-11,16H,2-3,6-7,12H2,1H3,(H,22,24). The minimum atomic E-state index is -0.752. The summed E-state index contributed by atoms with van der Waals surface area (Å²) in [5.74, 6) is 0.0768. The molecule has 0 fully saturated rings. The number of aromatic nitrogens is 1. The molecule has 1 atom stereocenters. The molecule has 134 valence electrons. The Hall–Kier alpha value is -2.89. The maximum Gasteiger partial charge on any atom is 0.270 e. The summed E-state index contributed by atoms with van der Waals surface area (Å²) in [5, 5.41) is 2.78. The van der Waals surface area contributed by atoms with Crippen LogP contribution in [0.2, 0.25) is 0 Å². The van der Waals surface area contributed by atoms with Crippen LogP contribution in [0.3, 0.4) is 0 Å². The summed E-state index contributed by atoms with van der Waals surface area (Å²) in [6, 6.07) is 8.44. The number of nitrogens with zero attached hydrogens (tertiary/aromatic N) is 2. The zero-order valence-corrected chi connectivity index (χ0v) is 14.7. The number of anilines is 1. The molecule has 2 heterocycles.